The standard InChI is InChI=1S/C16H31N5/c1-14(2)8-5-9-15(3)20-16(17-4)18-10-6-12-21-13-7-11-19-21/h7,11,13-15H,5-6,8-10,12H2,1-4H3,(H2,17,18,20). The van der Waals surface area contributed by atoms with Gasteiger partial charge in [0.2, 0.25) is 0 Å². The van der Waals surface area contributed by atoms with Gasteiger partial charge in [-0.15, -0.1) is 0 Å². The molecule has 0 saturated heterocycles. The number of aliphatic imine (C=N–C) groups is 1. The lowest BCUT2D eigenvalue weighted by molar-refractivity contribution is 0.490. The number of rotatable bonds is 9. The monoisotopic (exact) mass is 293 g/mol. The van der Waals surface area contributed by atoms with E-state index in [0.29, 0.717) is 6.04 Å². The first-order chi connectivity index (χ1) is 10.1. The Labute approximate surface area is 129 Å². The van der Waals surface area contributed by atoms with Crippen LogP contribution in [0.4, 0.5) is 0 Å². The Morgan fingerprint density at radius 3 is 2.67 bits per heavy atom. The molecule has 1 heterocycles. The number of nitrogens with zero attached hydrogens (tertiary/aromatic N) is 3. The summed E-state index contributed by atoms with van der Waals surface area (Å²) in [5.41, 5.74) is 0. The molecule has 0 radical (unpaired) electrons. The zero-order chi connectivity index (χ0) is 15.5. The van der Waals surface area contributed by atoms with Gasteiger partial charge < -0.3 is 10.6 Å². The van der Waals surface area contributed by atoms with E-state index in [9.17, 15) is 0 Å². The summed E-state index contributed by atoms with van der Waals surface area (Å²) in [7, 11) is 1.82. The number of guanidine groups is 1. The highest BCUT2D eigenvalue weighted by Gasteiger charge is 2.05. The average Bonchev–Trinajstić information content (AvgIpc) is 2.95. The summed E-state index contributed by atoms with van der Waals surface area (Å²) in [6.45, 7) is 8.60. The fourth-order valence-electron chi connectivity index (χ4n) is 2.21. The summed E-state index contributed by atoms with van der Waals surface area (Å²) in [5.74, 6) is 1.68. The summed E-state index contributed by atoms with van der Waals surface area (Å²) < 4.78 is 1.95. The van der Waals surface area contributed by atoms with Crippen molar-refractivity contribution in [1.29, 1.82) is 0 Å². The van der Waals surface area contributed by atoms with Crippen molar-refractivity contribution in [3.8, 4) is 0 Å². The van der Waals surface area contributed by atoms with E-state index in [1.807, 2.05) is 30.2 Å². The lowest BCUT2D eigenvalue weighted by atomic mass is 10.0. The van der Waals surface area contributed by atoms with Crippen LogP contribution in [-0.4, -0.2) is 35.4 Å². The second-order valence-corrected chi connectivity index (χ2v) is 5.99. The normalized spacial score (nSPS) is 13.5. The maximum atomic E-state index is 4.28. The molecule has 21 heavy (non-hydrogen) atoms. The second kappa shape index (κ2) is 10.2. The second-order valence-electron chi connectivity index (χ2n) is 5.99. The summed E-state index contributed by atoms with van der Waals surface area (Å²) in [4.78, 5) is 4.28. The summed E-state index contributed by atoms with van der Waals surface area (Å²) in [5, 5.41) is 11.0. The minimum absolute atomic E-state index is 0.459. The van der Waals surface area contributed by atoms with E-state index in [1.165, 1.54) is 19.3 Å². The van der Waals surface area contributed by atoms with Gasteiger partial charge in [-0.1, -0.05) is 26.7 Å². The fourth-order valence-corrected chi connectivity index (χ4v) is 2.21. The number of hydrogen-bond donors (Lipinski definition) is 2. The van der Waals surface area contributed by atoms with Crippen LogP contribution < -0.4 is 10.6 Å². The lowest BCUT2D eigenvalue weighted by Gasteiger charge is -2.18. The van der Waals surface area contributed by atoms with Crippen LogP contribution in [0.2, 0.25) is 0 Å². The summed E-state index contributed by atoms with van der Waals surface area (Å²) in [6, 6.07) is 2.41. The summed E-state index contributed by atoms with van der Waals surface area (Å²) >= 11 is 0. The van der Waals surface area contributed by atoms with Crippen molar-refractivity contribution in [3.05, 3.63) is 18.5 Å². The zero-order valence-corrected chi connectivity index (χ0v) is 14.0. The molecule has 1 aromatic rings. The molecule has 1 atom stereocenters. The molecule has 1 aromatic heterocycles. The molecule has 0 aliphatic carbocycles. The van der Waals surface area contributed by atoms with Crippen molar-refractivity contribution >= 4 is 5.96 Å². The predicted molar refractivity (Wildman–Crippen MR) is 89.5 cm³/mol. The van der Waals surface area contributed by atoms with Crippen LogP contribution in [0.1, 0.15) is 46.5 Å². The Balaban J connectivity index is 2.13. The first-order valence-corrected chi connectivity index (χ1v) is 8.06. The van der Waals surface area contributed by atoms with Crippen molar-refractivity contribution < 1.29 is 0 Å². The Morgan fingerprint density at radius 1 is 1.24 bits per heavy atom. The molecule has 0 aliphatic heterocycles. The zero-order valence-electron chi connectivity index (χ0n) is 14.0. The highest BCUT2D eigenvalue weighted by Crippen LogP contribution is 2.08. The van der Waals surface area contributed by atoms with E-state index < -0.39 is 0 Å². The largest absolute Gasteiger partial charge is 0.356 e. The Hall–Kier alpha value is -1.52. The molecule has 0 bridgehead atoms. The molecule has 0 fully saturated rings. The van der Waals surface area contributed by atoms with E-state index in [0.717, 1.165) is 31.4 Å². The fraction of sp³-hybridized carbons (Fsp3) is 0.750. The van der Waals surface area contributed by atoms with Crippen LogP contribution in [0.15, 0.2) is 23.5 Å². The molecule has 2 N–H and O–H groups in total. The molecular formula is C16H31N5. The van der Waals surface area contributed by atoms with Crippen LogP contribution in [0.25, 0.3) is 0 Å². The van der Waals surface area contributed by atoms with Gasteiger partial charge in [0.15, 0.2) is 5.96 Å². The topological polar surface area (TPSA) is 54.2 Å². The minimum Gasteiger partial charge on any atom is -0.356 e. The molecule has 0 aliphatic rings. The van der Waals surface area contributed by atoms with Crippen LogP contribution >= 0.6 is 0 Å². The minimum atomic E-state index is 0.459. The van der Waals surface area contributed by atoms with Gasteiger partial charge in [-0.2, -0.15) is 5.10 Å². The third-order valence-electron chi connectivity index (χ3n) is 3.44. The van der Waals surface area contributed by atoms with E-state index in [2.05, 4.69) is 41.5 Å². The van der Waals surface area contributed by atoms with E-state index in [4.69, 9.17) is 0 Å². The van der Waals surface area contributed by atoms with Gasteiger partial charge >= 0.3 is 0 Å². The Morgan fingerprint density at radius 2 is 2.05 bits per heavy atom. The van der Waals surface area contributed by atoms with Gasteiger partial charge in [0, 0.05) is 38.6 Å². The first kappa shape index (κ1) is 17.5. The molecule has 5 nitrogen and oxygen atoms in total. The third-order valence-corrected chi connectivity index (χ3v) is 3.44. The first-order valence-electron chi connectivity index (χ1n) is 8.06. The van der Waals surface area contributed by atoms with Gasteiger partial charge in [0.1, 0.15) is 0 Å². The Bertz CT molecular complexity index is 383. The predicted octanol–water partition coefficient (Wildman–Crippen LogP) is 2.65. The number of aryl methyl sites for hydroxylation is 1. The quantitative estimate of drug-likeness (QED) is 0.418. The molecule has 0 aromatic carbocycles. The molecule has 1 rings (SSSR count). The van der Waals surface area contributed by atoms with Crippen LogP contribution in [0.3, 0.4) is 0 Å². The molecule has 120 valence electrons. The molecular weight excluding hydrogens is 262 g/mol. The van der Waals surface area contributed by atoms with Crippen molar-refractivity contribution in [2.24, 2.45) is 10.9 Å². The maximum absolute atomic E-state index is 4.28. The van der Waals surface area contributed by atoms with Crippen molar-refractivity contribution in [1.82, 2.24) is 20.4 Å². The smallest absolute Gasteiger partial charge is 0.191 e. The number of aromatic nitrogens is 2. The molecule has 1 unspecified atom stereocenters. The van der Waals surface area contributed by atoms with Gasteiger partial charge in [-0.05, 0) is 31.7 Å². The maximum Gasteiger partial charge on any atom is 0.191 e. The van der Waals surface area contributed by atoms with E-state index in [1.54, 1.807) is 0 Å². The number of nitrogens with one attached hydrogen (secondary N) is 2. The van der Waals surface area contributed by atoms with Crippen molar-refractivity contribution in [3.63, 3.8) is 0 Å². The van der Waals surface area contributed by atoms with Gasteiger partial charge in [-0.3, -0.25) is 9.67 Å². The van der Waals surface area contributed by atoms with E-state index in [-0.39, 0.29) is 0 Å². The number of hydrogen-bond acceptors (Lipinski definition) is 2. The molecule has 0 amide bonds. The highest BCUT2D eigenvalue weighted by molar-refractivity contribution is 5.79. The van der Waals surface area contributed by atoms with Crippen LogP contribution in [-0.2, 0) is 6.54 Å². The third kappa shape index (κ3) is 8.38. The van der Waals surface area contributed by atoms with Gasteiger partial charge in [0.25, 0.3) is 0 Å². The van der Waals surface area contributed by atoms with Crippen molar-refractivity contribution in [2.45, 2.75) is 59.0 Å². The Kier molecular flexibility index (Phi) is 8.55. The molecule has 0 saturated carbocycles. The lowest BCUT2D eigenvalue weighted by Crippen LogP contribution is -2.42. The molecule has 0 spiro atoms. The van der Waals surface area contributed by atoms with Gasteiger partial charge in [-0.25, -0.2) is 0 Å². The highest BCUT2D eigenvalue weighted by atomic mass is 15.3. The average molecular weight is 293 g/mol. The summed E-state index contributed by atoms with van der Waals surface area (Å²) in [6.07, 6.45) is 8.58. The van der Waals surface area contributed by atoms with Crippen LogP contribution in [0.5, 0.6) is 0 Å². The van der Waals surface area contributed by atoms with Crippen molar-refractivity contribution in [2.75, 3.05) is 13.6 Å². The molecule has 5 heteroatoms. The van der Waals surface area contributed by atoms with Crippen LogP contribution in [0, 0.1) is 5.92 Å². The van der Waals surface area contributed by atoms with E-state index >= 15 is 0 Å². The SMILES string of the molecule is CN=C(NCCCn1cccn1)NC(C)CCCC(C)C. The van der Waals surface area contributed by atoms with Gasteiger partial charge in [0.05, 0.1) is 0 Å².